The highest BCUT2D eigenvalue weighted by molar-refractivity contribution is 5.96. The molecule has 4 rings (SSSR count). The molecule has 1 aliphatic heterocycles. The highest BCUT2D eigenvalue weighted by atomic mass is 16.2. The van der Waals surface area contributed by atoms with Crippen LogP contribution in [0.25, 0.3) is 4.85 Å². The molecular weight excluding hydrogens is 412 g/mol. The average Bonchev–Trinajstić information content (AvgIpc) is 2.80. The second-order valence-corrected chi connectivity index (χ2v) is 9.33. The van der Waals surface area contributed by atoms with Crippen molar-refractivity contribution in [1.29, 1.82) is 0 Å². The van der Waals surface area contributed by atoms with Crippen LogP contribution in [0.15, 0.2) is 48.5 Å². The SMILES string of the molecule is [C-]#[N+]Cc1ccc([C@H]2CC[C@@H](N3CC(NC(=O)CNC(=O)c4cccc(C)c4)C3)CC2)cc1. The van der Waals surface area contributed by atoms with Gasteiger partial charge in [-0.25, -0.2) is 6.57 Å². The Bertz CT molecular complexity index is 1010. The Morgan fingerprint density at radius 2 is 1.79 bits per heavy atom. The van der Waals surface area contributed by atoms with Gasteiger partial charge in [0.1, 0.15) is 0 Å². The molecule has 2 aromatic carbocycles. The van der Waals surface area contributed by atoms with Crippen LogP contribution in [-0.2, 0) is 11.3 Å². The summed E-state index contributed by atoms with van der Waals surface area (Å²) in [4.78, 5) is 30.4. The summed E-state index contributed by atoms with van der Waals surface area (Å²) in [6.07, 6.45) is 4.74. The van der Waals surface area contributed by atoms with Gasteiger partial charge in [-0.15, -0.1) is 0 Å². The zero-order chi connectivity index (χ0) is 23.2. The third-order valence-corrected chi connectivity index (χ3v) is 6.89. The number of carbonyl (C=O) groups excluding carboxylic acids is 2. The van der Waals surface area contributed by atoms with E-state index in [1.165, 1.54) is 31.2 Å². The lowest BCUT2D eigenvalue weighted by molar-refractivity contribution is -0.122. The van der Waals surface area contributed by atoms with Crippen LogP contribution in [0.2, 0.25) is 0 Å². The molecule has 33 heavy (non-hydrogen) atoms. The van der Waals surface area contributed by atoms with Gasteiger partial charge in [-0.3, -0.25) is 14.5 Å². The molecule has 0 radical (unpaired) electrons. The first-order chi connectivity index (χ1) is 16.0. The number of rotatable bonds is 7. The van der Waals surface area contributed by atoms with E-state index in [0.29, 0.717) is 24.1 Å². The molecule has 0 bridgehead atoms. The molecule has 2 aliphatic rings. The second-order valence-electron chi connectivity index (χ2n) is 9.33. The van der Waals surface area contributed by atoms with Crippen molar-refractivity contribution in [2.24, 2.45) is 0 Å². The maximum atomic E-state index is 12.2. The van der Waals surface area contributed by atoms with E-state index < -0.39 is 0 Å². The Balaban J connectivity index is 1.14. The summed E-state index contributed by atoms with van der Waals surface area (Å²) in [7, 11) is 0. The number of amides is 2. The Labute approximate surface area is 196 Å². The van der Waals surface area contributed by atoms with Crippen LogP contribution < -0.4 is 10.6 Å². The van der Waals surface area contributed by atoms with E-state index in [1.807, 2.05) is 25.1 Å². The molecule has 2 fully saturated rings. The largest absolute Gasteiger partial charge is 0.349 e. The lowest BCUT2D eigenvalue weighted by Gasteiger charge is -2.46. The highest BCUT2D eigenvalue weighted by Gasteiger charge is 2.35. The van der Waals surface area contributed by atoms with Crippen molar-refractivity contribution in [3.05, 3.63) is 82.2 Å². The maximum absolute atomic E-state index is 12.2. The molecular formula is C27H32N4O2. The van der Waals surface area contributed by atoms with Crippen LogP contribution >= 0.6 is 0 Å². The average molecular weight is 445 g/mol. The van der Waals surface area contributed by atoms with E-state index in [0.717, 1.165) is 24.2 Å². The minimum Gasteiger partial charge on any atom is -0.349 e. The van der Waals surface area contributed by atoms with Crippen molar-refractivity contribution in [3.63, 3.8) is 0 Å². The summed E-state index contributed by atoms with van der Waals surface area (Å²) < 4.78 is 0. The Morgan fingerprint density at radius 1 is 1.06 bits per heavy atom. The summed E-state index contributed by atoms with van der Waals surface area (Å²) in [5.41, 5.74) is 4.08. The summed E-state index contributed by atoms with van der Waals surface area (Å²) in [5.74, 6) is 0.255. The van der Waals surface area contributed by atoms with Crippen molar-refractivity contribution in [3.8, 4) is 0 Å². The van der Waals surface area contributed by atoms with Gasteiger partial charge < -0.3 is 15.5 Å². The topological polar surface area (TPSA) is 65.8 Å². The predicted molar refractivity (Wildman–Crippen MR) is 129 cm³/mol. The molecule has 1 saturated heterocycles. The van der Waals surface area contributed by atoms with Gasteiger partial charge in [0.25, 0.3) is 5.91 Å². The number of hydrogen-bond donors (Lipinski definition) is 2. The highest BCUT2D eigenvalue weighted by Crippen LogP contribution is 2.36. The van der Waals surface area contributed by atoms with Gasteiger partial charge in [0.15, 0.2) is 0 Å². The normalized spacial score (nSPS) is 21.0. The Kier molecular flexibility index (Phi) is 7.41. The van der Waals surface area contributed by atoms with Gasteiger partial charge in [0.2, 0.25) is 12.5 Å². The molecule has 6 heteroatoms. The van der Waals surface area contributed by atoms with E-state index >= 15 is 0 Å². The van der Waals surface area contributed by atoms with E-state index in [9.17, 15) is 9.59 Å². The standard InChI is InChI=1S/C27H32N4O2/c1-19-4-3-5-23(14-19)27(33)29-16-26(32)30-24-17-31(18-24)25-12-10-22(11-13-25)21-8-6-20(7-9-21)15-28-2/h3-9,14,22,24-25H,10-13,15-18H2,1H3,(H,29,33)(H,30,32)/t22-,25+. The third kappa shape index (κ3) is 6.00. The van der Waals surface area contributed by atoms with E-state index in [4.69, 9.17) is 6.57 Å². The molecule has 172 valence electrons. The summed E-state index contributed by atoms with van der Waals surface area (Å²) >= 11 is 0. The van der Waals surface area contributed by atoms with Crippen molar-refractivity contribution >= 4 is 11.8 Å². The van der Waals surface area contributed by atoms with E-state index in [-0.39, 0.29) is 24.4 Å². The lowest BCUT2D eigenvalue weighted by Crippen LogP contribution is -2.63. The summed E-state index contributed by atoms with van der Waals surface area (Å²) in [6.45, 7) is 11.2. The minimum atomic E-state index is -0.220. The number of likely N-dealkylation sites (tertiary alicyclic amines) is 1. The molecule has 0 unspecified atom stereocenters. The fourth-order valence-corrected chi connectivity index (χ4v) is 4.99. The van der Waals surface area contributed by atoms with Crippen LogP contribution in [0, 0.1) is 13.5 Å². The molecule has 6 nitrogen and oxygen atoms in total. The summed E-state index contributed by atoms with van der Waals surface area (Å²) in [6, 6.07) is 16.7. The van der Waals surface area contributed by atoms with Crippen LogP contribution in [0.4, 0.5) is 0 Å². The monoisotopic (exact) mass is 444 g/mol. The fraction of sp³-hybridized carbons (Fsp3) is 0.444. The number of aryl methyl sites for hydroxylation is 1. The zero-order valence-electron chi connectivity index (χ0n) is 19.2. The van der Waals surface area contributed by atoms with Crippen LogP contribution in [0.5, 0.6) is 0 Å². The third-order valence-electron chi connectivity index (χ3n) is 6.89. The van der Waals surface area contributed by atoms with E-state index in [1.54, 1.807) is 6.07 Å². The van der Waals surface area contributed by atoms with Crippen molar-refractivity contribution in [2.75, 3.05) is 19.6 Å². The first kappa shape index (κ1) is 23.0. The molecule has 1 aliphatic carbocycles. The number of nitrogens with zero attached hydrogens (tertiary/aromatic N) is 2. The summed E-state index contributed by atoms with van der Waals surface area (Å²) in [5, 5.41) is 5.74. The van der Waals surface area contributed by atoms with Gasteiger partial charge in [0, 0.05) is 30.3 Å². The second kappa shape index (κ2) is 10.6. The number of benzene rings is 2. The molecule has 1 heterocycles. The molecule has 2 N–H and O–H groups in total. The van der Waals surface area contributed by atoms with Crippen molar-refractivity contribution in [2.45, 2.75) is 57.2 Å². The maximum Gasteiger partial charge on any atom is 0.251 e. The van der Waals surface area contributed by atoms with Gasteiger partial charge in [0.05, 0.1) is 12.6 Å². The van der Waals surface area contributed by atoms with Crippen LogP contribution in [0.1, 0.15) is 58.6 Å². The first-order valence-corrected chi connectivity index (χ1v) is 11.8. The zero-order valence-corrected chi connectivity index (χ0v) is 19.2. The minimum absolute atomic E-state index is 0.00304. The molecule has 0 aromatic heterocycles. The molecule has 1 saturated carbocycles. The quantitative estimate of drug-likeness (QED) is 0.641. The molecule has 2 aromatic rings. The van der Waals surface area contributed by atoms with Gasteiger partial charge in [-0.05, 0) is 56.2 Å². The lowest BCUT2D eigenvalue weighted by atomic mass is 9.80. The number of hydrogen-bond acceptors (Lipinski definition) is 3. The smallest absolute Gasteiger partial charge is 0.251 e. The fourth-order valence-electron chi connectivity index (χ4n) is 4.99. The van der Waals surface area contributed by atoms with Gasteiger partial charge >= 0.3 is 0 Å². The van der Waals surface area contributed by atoms with Crippen LogP contribution in [-0.4, -0.2) is 48.4 Å². The van der Waals surface area contributed by atoms with Crippen molar-refractivity contribution in [1.82, 2.24) is 15.5 Å². The Morgan fingerprint density at radius 3 is 2.45 bits per heavy atom. The first-order valence-electron chi connectivity index (χ1n) is 11.8. The van der Waals surface area contributed by atoms with Crippen molar-refractivity contribution < 1.29 is 9.59 Å². The number of carbonyl (C=O) groups is 2. The number of nitrogens with one attached hydrogen (secondary N) is 2. The predicted octanol–water partition coefficient (Wildman–Crippen LogP) is 3.67. The van der Waals surface area contributed by atoms with E-state index in [2.05, 4.69) is 44.6 Å². The van der Waals surface area contributed by atoms with Crippen LogP contribution in [0.3, 0.4) is 0 Å². The van der Waals surface area contributed by atoms with Gasteiger partial charge in [-0.2, -0.15) is 0 Å². The Hall–Kier alpha value is -3.17. The molecule has 2 amide bonds. The molecule has 0 atom stereocenters. The molecule has 0 spiro atoms. The van der Waals surface area contributed by atoms with Gasteiger partial charge in [-0.1, -0.05) is 42.0 Å².